The second-order valence-corrected chi connectivity index (χ2v) is 5.79. The highest BCUT2D eigenvalue weighted by atomic mass is 16.2. The van der Waals surface area contributed by atoms with Gasteiger partial charge in [0.1, 0.15) is 5.82 Å². The molecule has 4 nitrogen and oxygen atoms in total. The number of amides is 1. The van der Waals surface area contributed by atoms with E-state index in [1.54, 1.807) is 0 Å². The fourth-order valence-corrected chi connectivity index (χ4v) is 3.50. The second-order valence-electron chi connectivity index (χ2n) is 5.79. The van der Waals surface area contributed by atoms with E-state index >= 15 is 0 Å². The predicted molar refractivity (Wildman–Crippen MR) is 75.3 cm³/mol. The van der Waals surface area contributed by atoms with E-state index in [2.05, 4.69) is 10.3 Å². The molecular formula is C15H21N3O. The van der Waals surface area contributed by atoms with Crippen LogP contribution in [0.3, 0.4) is 0 Å². The van der Waals surface area contributed by atoms with Crippen molar-refractivity contribution < 1.29 is 4.79 Å². The summed E-state index contributed by atoms with van der Waals surface area (Å²) in [6.07, 6.45) is 3.94. The Kier molecular flexibility index (Phi) is 3.17. The first kappa shape index (κ1) is 12.5. The predicted octanol–water partition coefficient (Wildman–Crippen LogP) is 2.30. The number of rotatable bonds is 2. The largest absolute Gasteiger partial charge is 0.373 e. The zero-order chi connectivity index (χ0) is 13.4. The van der Waals surface area contributed by atoms with Gasteiger partial charge in [-0.25, -0.2) is 4.98 Å². The minimum atomic E-state index is 0.163. The number of fused-ring (bicyclic) bond motifs is 1. The summed E-state index contributed by atoms with van der Waals surface area (Å²) >= 11 is 0. The number of aromatic nitrogens is 1. The molecule has 2 atom stereocenters. The normalized spacial score (nSPS) is 25.5. The van der Waals surface area contributed by atoms with Crippen molar-refractivity contribution in [1.82, 2.24) is 9.88 Å². The molecule has 4 heteroatoms. The summed E-state index contributed by atoms with van der Waals surface area (Å²) in [6.45, 7) is 3.82. The second kappa shape index (κ2) is 4.83. The van der Waals surface area contributed by atoms with Crippen molar-refractivity contribution in [2.75, 3.05) is 25.5 Å². The number of nitrogens with one attached hydrogen (secondary N) is 1. The molecule has 102 valence electrons. The summed E-state index contributed by atoms with van der Waals surface area (Å²) in [5, 5.41) is 3.01. The molecule has 0 bridgehead atoms. The van der Waals surface area contributed by atoms with Crippen molar-refractivity contribution >= 4 is 11.7 Å². The van der Waals surface area contributed by atoms with Crippen molar-refractivity contribution in [3.63, 3.8) is 0 Å². The first-order chi connectivity index (χ1) is 9.17. The molecule has 1 aliphatic carbocycles. The van der Waals surface area contributed by atoms with Crippen LogP contribution in [0.5, 0.6) is 0 Å². The number of anilines is 1. The quantitative estimate of drug-likeness (QED) is 0.886. The van der Waals surface area contributed by atoms with Crippen LogP contribution in [0.1, 0.15) is 35.3 Å². The maximum atomic E-state index is 12.6. The minimum Gasteiger partial charge on any atom is -0.373 e. The number of hydrogen-bond acceptors (Lipinski definition) is 3. The van der Waals surface area contributed by atoms with Crippen LogP contribution < -0.4 is 5.32 Å². The fraction of sp³-hybridized carbons (Fsp3) is 0.600. The maximum absolute atomic E-state index is 12.6. The topological polar surface area (TPSA) is 45.2 Å². The Morgan fingerprint density at radius 3 is 2.63 bits per heavy atom. The molecule has 2 heterocycles. The van der Waals surface area contributed by atoms with Gasteiger partial charge in [-0.05, 0) is 43.7 Å². The molecule has 2 unspecified atom stereocenters. The number of nitrogens with zero attached hydrogens (tertiary/aromatic N) is 2. The van der Waals surface area contributed by atoms with Gasteiger partial charge in [-0.15, -0.1) is 0 Å². The number of hydrogen-bond donors (Lipinski definition) is 1. The summed E-state index contributed by atoms with van der Waals surface area (Å²) in [4.78, 5) is 18.9. The number of pyridine rings is 1. The Bertz CT molecular complexity index is 488. The molecule has 1 aliphatic heterocycles. The van der Waals surface area contributed by atoms with E-state index in [4.69, 9.17) is 0 Å². The summed E-state index contributed by atoms with van der Waals surface area (Å²) in [5.41, 5.74) is 1.64. The van der Waals surface area contributed by atoms with Crippen LogP contribution in [0.25, 0.3) is 0 Å². The summed E-state index contributed by atoms with van der Waals surface area (Å²) in [6, 6.07) is 3.74. The van der Waals surface area contributed by atoms with Gasteiger partial charge < -0.3 is 10.2 Å². The lowest BCUT2D eigenvalue weighted by Gasteiger charge is -2.18. The molecular weight excluding hydrogens is 238 g/mol. The lowest BCUT2D eigenvalue weighted by Crippen LogP contribution is -2.29. The zero-order valence-electron chi connectivity index (χ0n) is 11.6. The monoisotopic (exact) mass is 259 g/mol. The molecule has 1 aromatic rings. The third-order valence-corrected chi connectivity index (χ3v) is 4.47. The highest BCUT2D eigenvalue weighted by molar-refractivity contribution is 5.95. The van der Waals surface area contributed by atoms with E-state index in [9.17, 15) is 4.79 Å². The van der Waals surface area contributed by atoms with Crippen molar-refractivity contribution in [2.45, 2.75) is 26.2 Å². The van der Waals surface area contributed by atoms with Gasteiger partial charge in [-0.3, -0.25) is 4.79 Å². The van der Waals surface area contributed by atoms with Gasteiger partial charge in [0, 0.05) is 31.4 Å². The van der Waals surface area contributed by atoms with Gasteiger partial charge >= 0.3 is 0 Å². The molecule has 0 aromatic carbocycles. The molecule has 1 saturated heterocycles. The number of carbonyl (C=O) groups is 1. The number of likely N-dealkylation sites (tertiary alicyclic amines) is 1. The first-order valence-electron chi connectivity index (χ1n) is 7.13. The molecule has 1 N–H and O–H groups in total. The van der Waals surface area contributed by atoms with Gasteiger partial charge in [0.05, 0.1) is 0 Å². The molecule has 0 spiro atoms. The third-order valence-electron chi connectivity index (χ3n) is 4.47. The van der Waals surface area contributed by atoms with E-state index in [-0.39, 0.29) is 5.91 Å². The van der Waals surface area contributed by atoms with E-state index in [0.717, 1.165) is 42.0 Å². The number of aryl methyl sites for hydroxylation is 1. The van der Waals surface area contributed by atoms with Crippen LogP contribution in [0.2, 0.25) is 0 Å². The summed E-state index contributed by atoms with van der Waals surface area (Å²) < 4.78 is 0. The first-order valence-corrected chi connectivity index (χ1v) is 7.13. The molecule has 1 aromatic heterocycles. The Morgan fingerprint density at radius 2 is 2.00 bits per heavy atom. The van der Waals surface area contributed by atoms with Gasteiger partial charge in [-0.2, -0.15) is 0 Å². The summed E-state index contributed by atoms with van der Waals surface area (Å²) in [7, 11) is 1.83. The fourth-order valence-electron chi connectivity index (χ4n) is 3.50. The van der Waals surface area contributed by atoms with E-state index < -0.39 is 0 Å². The van der Waals surface area contributed by atoms with Crippen LogP contribution in [0, 0.1) is 18.8 Å². The molecule has 1 saturated carbocycles. The third kappa shape index (κ3) is 2.31. The SMILES string of the molecule is CNc1cc(C(=O)N2CC3CCCC3C2)cc(C)n1. The molecule has 19 heavy (non-hydrogen) atoms. The van der Waals surface area contributed by atoms with Crippen molar-refractivity contribution in [3.05, 3.63) is 23.4 Å². The van der Waals surface area contributed by atoms with Crippen LogP contribution >= 0.6 is 0 Å². The van der Waals surface area contributed by atoms with Gasteiger partial charge in [-0.1, -0.05) is 6.42 Å². The Hall–Kier alpha value is -1.58. The molecule has 3 rings (SSSR count). The van der Waals surface area contributed by atoms with Crippen molar-refractivity contribution in [3.8, 4) is 0 Å². The highest BCUT2D eigenvalue weighted by Crippen LogP contribution is 2.38. The molecule has 2 fully saturated rings. The van der Waals surface area contributed by atoms with E-state index in [1.165, 1.54) is 19.3 Å². The number of carbonyl (C=O) groups excluding carboxylic acids is 1. The van der Waals surface area contributed by atoms with E-state index in [1.807, 2.05) is 31.0 Å². The van der Waals surface area contributed by atoms with Crippen LogP contribution in [0.15, 0.2) is 12.1 Å². The van der Waals surface area contributed by atoms with Crippen molar-refractivity contribution in [1.29, 1.82) is 0 Å². The minimum absolute atomic E-state index is 0.163. The van der Waals surface area contributed by atoms with Crippen LogP contribution in [-0.4, -0.2) is 35.9 Å². The lowest BCUT2D eigenvalue weighted by atomic mass is 10.0. The lowest BCUT2D eigenvalue weighted by molar-refractivity contribution is 0.0780. The highest BCUT2D eigenvalue weighted by Gasteiger charge is 2.38. The van der Waals surface area contributed by atoms with Gasteiger partial charge in [0.25, 0.3) is 5.91 Å². The van der Waals surface area contributed by atoms with Crippen LogP contribution in [-0.2, 0) is 0 Å². The Balaban J connectivity index is 1.79. The average Bonchev–Trinajstić information content (AvgIpc) is 2.97. The van der Waals surface area contributed by atoms with Crippen LogP contribution in [0.4, 0.5) is 5.82 Å². The van der Waals surface area contributed by atoms with Crippen molar-refractivity contribution in [2.24, 2.45) is 11.8 Å². The smallest absolute Gasteiger partial charge is 0.254 e. The zero-order valence-corrected chi connectivity index (χ0v) is 11.6. The van der Waals surface area contributed by atoms with Gasteiger partial charge in [0.15, 0.2) is 0 Å². The Labute approximate surface area is 114 Å². The Morgan fingerprint density at radius 1 is 1.32 bits per heavy atom. The summed E-state index contributed by atoms with van der Waals surface area (Å²) in [5.74, 6) is 2.42. The average molecular weight is 259 g/mol. The standard InChI is InChI=1S/C15H21N3O/c1-10-6-13(7-14(16-2)17-10)15(19)18-8-11-4-3-5-12(11)9-18/h6-7,11-12H,3-5,8-9H2,1-2H3,(H,16,17). The molecule has 2 aliphatic rings. The van der Waals surface area contributed by atoms with E-state index in [0.29, 0.717) is 0 Å². The maximum Gasteiger partial charge on any atom is 0.254 e. The molecule has 0 radical (unpaired) electrons. The van der Waals surface area contributed by atoms with Gasteiger partial charge in [0.2, 0.25) is 0 Å². The molecule has 1 amide bonds.